The normalized spacial score (nSPS) is 9.57. The van der Waals surface area contributed by atoms with E-state index in [0.29, 0.717) is 0 Å². The van der Waals surface area contributed by atoms with Crippen LogP contribution in [0.25, 0.3) is 0 Å². The Labute approximate surface area is 132 Å². The first-order valence-corrected chi connectivity index (χ1v) is 7.32. The quantitative estimate of drug-likeness (QED) is 0.364. The van der Waals surface area contributed by atoms with Crippen LogP contribution in [-0.2, 0) is 10.1 Å². The number of rotatable bonds is 2. The van der Waals surface area contributed by atoms with Crippen LogP contribution in [0.4, 0.5) is 5.69 Å². The first-order valence-electron chi connectivity index (χ1n) is 5.88. The lowest BCUT2D eigenvalue weighted by atomic mass is 10.2. The predicted octanol–water partition coefficient (Wildman–Crippen LogP) is 2.57. The topological polar surface area (TPSA) is 165 Å². The number of aryl methyl sites for hydroxylation is 1. The van der Waals surface area contributed by atoms with Gasteiger partial charge < -0.3 is 5.11 Å². The summed E-state index contributed by atoms with van der Waals surface area (Å²) in [6.45, 7) is 1.84. The van der Waals surface area contributed by atoms with E-state index < -0.39 is 15.0 Å². The summed E-state index contributed by atoms with van der Waals surface area (Å²) in [5, 5.41) is 30.8. The average molecular weight is 339 g/mol. The molecule has 2 rings (SSSR count). The number of non-ortho nitro benzene ring substituents is 1. The summed E-state index contributed by atoms with van der Waals surface area (Å²) in [4.78, 5) is 9.46. The third-order valence-corrected chi connectivity index (χ3v) is 3.25. The molecule has 122 valence electrons. The number of hydrogen-bond donors (Lipinski definition) is 2. The minimum atomic E-state index is -4.02. The second-order valence-electron chi connectivity index (χ2n) is 4.06. The van der Waals surface area contributed by atoms with E-state index in [4.69, 9.17) is 20.4 Å². The Morgan fingerprint density at radius 1 is 1.00 bits per heavy atom. The van der Waals surface area contributed by atoms with E-state index >= 15 is 0 Å². The van der Waals surface area contributed by atoms with E-state index in [1.807, 2.05) is 6.92 Å². The zero-order valence-electron chi connectivity index (χ0n) is 11.9. The lowest BCUT2D eigenvalue weighted by Crippen LogP contribution is -1.96. The van der Waals surface area contributed by atoms with Gasteiger partial charge >= 0.3 is 0 Å². The number of benzene rings is 2. The molecule has 2 N–H and O–H groups in total. The third kappa shape index (κ3) is 7.51. The van der Waals surface area contributed by atoms with Crippen LogP contribution in [-0.4, -0.2) is 23.0 Å². The molecule has 23 heavy (non-hydrogen) atoms. The molecule has 0 bridgehead atoms. The minimum Gasteiger partial charge on any atom is -0.508 e. The molecule has 0 radical (unpaired) electrons. The summed E-state index contributed by atoms with van der Waals surface area (Å²) >= 11 is 0. The molecule has 0 unspecified atom stereocenters. The summed E-state index contributed by atoms with van der Waals surface area (Å²) < 4.78 is 29.6. The van der Waals surface area contributed by atoms with Gasteiger partial charge in [0.2, 0.25) is 0 Å². The summed E-state index contributed by atoms with van der Waals surface area (Å²) in [6.07, 6.45) is 0. The van der Waals surface area contributed by atoms with Crippen molar-refractivity contribution in [1.82, 2.24) is 0 Å². The number of phenolic OH excluding ortho intramolecular Hbond substituents is 1. The molecule has 9 nitrogen and oxygen atoms in total. The molecule has 0 heterocycles. The fourth-order valence-electron chi connectivity index (χ4n) is 1.28. The van der Waals surface area contributed by atoms with Gasteiger partial charge in [0, 0.05) is 22.9 Å². The minimum absolute atomic E-state index is 0.0159. The maximum Gasteiger partial charge on any atom is 0.294 e. The predicted molar refractivity (Wildman–Crippen MR) is 79.2 cm³/mol. The maximum atomic E-state index is 10.5. The zero-order valence-corrected chi connectivity index (χ0v) is 12.7. The molecule has 0 amide bonds. The molecular formula is C13H13N3O6S. The van der Waals surface area contributed by atoms with Crippen LogP contribution >= 0.6 is 0 Å². The first kappa shape index (κ1) is 20.0. The fourth-order valence-corrected chi connectivity index (χ4v) is 1.76. The van der Waals surface area contributed by atoms with Crippen LogP contribution in [0.2, 0.25) is 0 Å². The second-order valence-corrected chi connectivity index (χ2v) is 5.48. The van der Waals surface area contributed by atoms with E-state index in [9.17, 15) is 18.5 Å². The molecule has 10 heteroatoms. The van der Waals surface area contributed by atoms with Crippen LogP contribution in [0, 0.1) is 27.8 Å². The van der Waals surface area contributed by atoms with Crippen LogP contribution in [0.15, 0.2) is 53.4 Å². The molecule has 0 atom stereocenters. The van der Waals surface area contributed by atoms with Gasteiger partial charge in [-0.25, -0.2) is 0 Å². The van der Waals surface area contributed by atoms with Crippen LogP contribution in [0.5, 0.6) is 5.75 Å². The van der Waals surface area contributed by atoms with Crippen molar-refractivity contribution in [3.63, 3.8) is 0 Å². The molecule has 0 saturated heterocycles. The number of nitro benzene ring substituents is 1. The highest BCUT2D eigenvalue weighted by Gasteiger charge is 2.06. The largest absolute Gasteiger partial charge is 0.508 e. The van der Waals surface area contributed by atoms with E-state index in [1.165, 1.54) is 36.4 Å². The summed E-state index contributed by atoms with van der Waals surface area (Å²) in [7, 11) is -4.02. The molecule has 0 saturated carbocycles. The second kappa shape index (κ2) is 9.08. The number of phenols is 1. The van der Waals surface area contributed by atoms with Crippen molar-refractivity contribution >= 4 is 15.8 Å². The molecule has 0 aromatic heterocycles. The van der Waals surface area contributed by atoms with Gasteiger partial charge in [0.15, 0.2) is 0 Å². The van der Waals surface area contributed by atoms with Crippen molar-refractivity contribution < 1.29 is 23.0 Å². The van der Waals surface area contributed by atoms with Gasteiger partial charge in [0.05, 0.1) is 9.82 Å². The van der Waals surface area contributed by atoms with Crippen molar-refractivity contribution in [2.45, 2.75) is 11.8 Å². The lowest BCUT2D eigenvalue weighted by molar-refractivity contribution is -0.384. The van der Waals surface area contributed by atoms with Crippen LogP contribution in [0.3, 0.4) is 0 Å². The molecule has 2 aromatic carbocycles. The van der Waals surface area contributed by atoms with Crippen molar-refractivity contribution in [3.8, 4) is 5.75 Å². The van der Waals surface area contributed by atoms with Crippen molar-refractivity contribution in [2.75, 3.05) is 0 Å². The van der Waals surface area contributed by atoms with Gasteiger partial charge in [-0.1, -0.05) is 17.7 Å². The van der Waals surface area contributed by atoms with E-state index in [1.54, 1.807) is 12.1 Å². The molecular weight excluding hydrogens is 326 g/mol. The van der Waals surface area contributed by atoms with Crippen molar-refractivity contribution in [2.24, 2.45) is 0 Å². The molecule has 0 aliphatic carbocycles. The Balaban J connectivity index is 0.000000381. The van der Waals surface area contributed by atoms with E-state index in [2.05, 4.69) is 0 Å². The van der Waals surface area contributed by atoms with E-state index in [-0.39, 0.29) is 16.3 Å². The van der Waals surface area contributed by atoms with Gasteiger partial charge in [-0.3, -0.25) is 14.7 Å². The SMILES string of the molecule is Cc1ccc(S(=O)(=O)O)cc1.N#N.O=[N+]([O-])c1ccc(O)cc1. The Hall–Kier alpha value is -3.03. The monoisotopic (exact) mass is 339 g/mol. The molecule has 2 aromatic rings. The molecule has 0 fully saturated rings. The van der Waals surface area contributed by atoms with Crippen molar-refractivity contribution in [3.05, 3.63) is 64.2 Å². The summed E-state index contributed by atoms with van der Waals surface area (Å²) in [6, 6.07) is 11.0. The Morgan fingerprint density at radius 3 is 1.78 bits per heavy atom. The standard InChI is InChI=1S/C7H8O3S.C6H5NO3.N2/c1-6-2-4-7(5-3-6)11(8,9)10;8-6-3-1-5(2-4-6)7(9)10;1-2/h2-5H,1H3,(H,8,9,10);1-4,8H;. The van der Waals surface area contributed by atoms with E-state index in [0.717, 1.165) is 5.56 Å². The number of aromatic hydroxyl groups is 1. The first-order chi connectivity index (χ1) is 10.7. The number of hydrogen-bond acceptors (Lipinski definition) is 7. The number of nitrogens with zero attached hydrogens (tertiary/aromatic N) is 3. The van der Waals surface area contributed by atoms with Gasteiger partial charge in [-0.2, -0.15) is 8.42 Å². The highest BCUT2D eigenvalue weighted by atomic mass is 32.2. The molecule has 0 spiro atoms. The van der Waals surface area contributed by atoms with Gasteiger partial charge in [0.25, 0.3) is 15.8 Å². The van der Waals surface area contributed by atoms with Crippen LogP contribution < -0.4 is 0 Å². The van der Waals surface area contributed by atoms with Crippen molar-refractivity contribution in [1.29, 1.82) is 10.8 Å². The molecule has 0 aliphatic rings. The highest BCUT2D eigenvalue weighted by Crippen LogP contribution is 2.15. The summed E-state index contributed by atoms with van der Waals surface area (Å²) in [5.41, 5.74) is 0.940. The van der Waals surface area contributed by atoms with Gasteiger partial charge in [-0.05, 0) is 31.2 Å². The summed E-state index contributed by atoms with van der Waals surface area (Å²) in [5.74, 6) is 0.0330. The Kier molecular flexibility index (Phi) is 7.89. The average Bonchev–Trinajstić information content (AvgIpc) is 2.50. The van der Waals surface area contributed by atoms with Crippen LogP contribution in [0.1, 0.15) is 5.56 Å². The highest BCUT2D eigenvalue weighted by molar-refractivity contribution is 7.85. The zero-order chi connectivity index (χ0) is 18.0. The Bertz CT molecular complexity index is 755. The van der Waals surface area contributed by atoms with Gasteiger partial charge in [0.1, 0.15) is 5.75 Å². The number of nitro groups is 1. The smallest absolute Gasteiger partial charge is 0.294 e. The lowest BCUT2D eigenvalue weighted by Gasteiger charge is -1.95. The fraction of sp³-hybridized carbons (Fsp3) is 0.0769. The Morgan fingerprint density at radius 2 is 1.43 bits per heavy atom. The van der Waals surface area contributed by atoms with Gasteiger partial charge in [-0.15, -0.1) is 0 Å². The molecule has 0 aliphatic heterocycles. The third-order valence-electron chi connectivity index (χ3n) is 2.38. The maximum absolute atomic E-state index is 10.5.